The molecule has 0 radical (unpaired) electrons. The van der Waals surface area contributed by atoms with E-state index in [-0.39, 0.29) is 11.9 Å². The van der Waals surface area contributed by atoms with Crippen LogP contribution in [-0.2, 0) is 4.79 Å². The molecule has 4 heteroatoms. The molecule has 68 valence electrons. The Labute approximate surface area is 72.6 Å². The summed E-state index contributed by atoms with van der Waals surface area (Å²) in [5.74, 6) is -0.0875. The molecule has 0 aliphatic heterocycles. The second-order valence-electron chi connectivity index (χ2n) is 3.40. The number of aliphatic imine (C=N–C) groups is 1. The number of hydrogen-bond acceptors (Lipinski definition) is 2. The minimum atomic E-state index is -0.457. The summed E-state index contributed by atoms with van der Waals surface area (Å²) in [6.07, 6.45) is 1.28. The molecule has 0 bridgehead atoms. The van der Waals surface area contributed by atoms with E-state index in [4.69, 9.17) is 5.73 Å². The predicted octanol–water partition coefficient (Wildman–Crippen LogP) is 0.607. The lowest BCUT2D eigenvalue weighted by Crippen LogP contribution is -2.42. The second-order valence-corrected chi connectivity index (χ2v) is 3.40. The zero-order valence-corrected chi connectivity index (χ0v) is 7.72. The summed E-state index contributed by atoms with van der Waals surface area (Å²) in [6.45, 7) is 8.74. The van der Waals surface area contributed by atoms with Crippen molar-refractivity contribution in [3.8, 4) is 0 Å². The van der Waals surface area contributed by atoms with Crippen molar-refractivity contribution in [3.63, 3.8) is 0 Å². The highest BCUT2D eigenvalue weighted by Crippen LogP contribution is 2.11. The van der Waals surface area contributed by atoms with Gasteiger partial charge in [-0.1, -0.05) is 27.4 Å². The first-order chi connectivity index (χ1) is 5.38. The van der Waals surface area contributed by atoms with Gasteiger partial charge in [-0.05, 0) is 0 Å². The van der Waals surface area contributed by atoms with Gasteiger partial charge in [0.15, 0.2) is 5.96 Å². The van der Waals surface area contributed by atoms with Crippen molar-refractivity contribution in [1.29, 1.82) is 0 Å². The normalized spacial score (nSPS) is 12.4. The molecule has 3 N–H and O–H groups in total. The van der Waals surface area contributed by atoms with Crippen LogP contribution in [0.5, 0.6) is 0 Å². The standard InChI is InChI=1S/C8H15N3O/c1-5-10-7(9)11-6(12)8(2,3)4/h5H,1H2,2-4H3,(H3,9,10,11,12). The van der Waals surface area contributed by atoms with Crippen molar-refractivity contribution in [2.75, 3.05) is 0 Å². The molecule has 0 saturated carbocycles. The number of guanidine groups is 1. The van der Waals surface area contributed by atoms with Gasteiger partial charge in [-0.2, -0.15) is 0 Å². The van der Waals surface area contributed by atoms with Gasteiger partial charge in [0.1, 0.15) is 0 Å². The lowest BCUT2D eigenvalue weighted by Gasteiger charge is -2.16. The van der Waals surface area contributed by atoms with Gasteiger partial charge < -0.3 is 5.73 Å². The Kier molecular flexibility index (Phi) is 3.47. The van der Waals surface area contributed by atoms with Crippen molar-refractivity contribution < 1.29 is 4.79 Å². The summed E-state index contributed by atoms with van der Waals surface area (Å²) >= 11 is 0. The van der Waals surface area contributed by atoms with E-state index in [1.165, 1.54) is 6.20 Å². The molecule has 0 rings (SSSR count). The molecule has 0 spiro atoms. The summed E-state index contributed by atoms with van der Waals surface area (Å²) in [7, 11) is 0. The monoisotopic (exact) mass is 169 g/mol. The average Bonchev–Trinajstić information content (AvgIpc) is 1.85. The van der Waals surface area contributed by atoms with E-state index in [9.17, 15) is 4.79 Å². The molecule has 1 amide bonds. The lowest BCUT2D eigenvalue weighted by molar-refractivity contribution is -0.126. The van der Waals surface area contributed by atoms with Gasteiger partial charge in [0.25, 0.3) is 0 Å². The molecular weight excluding hydrogens is 154 g/mol. The van der Waals surface area contributed by atoms with Crippen LogP contribution < -0.4 is 11.1 Å². The maximum Gasteiger partial charge on any atom is 0.232 e. The van der Waals surface area contributed by atoms with E-state index in [1.54, 1.807) is 20.8 Å². The Bertz CT molecular complexity index is 213. The zero-order chi connectivity index (χ0) is 9.78. The highest BCUT2D eigenvalue weighted by Gasteiger charge is 2.21. The molecule has 0 saturated heterocycles. The van der Waals surface area contributed by atoms with Gasteiger partial charge >= 0.3 is 0 Å². The SMILES string of the molecule is C=CN=C(N)NC(=O)C(C)(C)C. The van der Waals surface area contributed by atoms with Crippen molar-refractivity contribution in [3.05, 3.63) is 12.8 Å². The van der Waals surface area contributed by atoms with E-state index < -0.39 is 5.41 Å². The maximum atomic E-state index is 11.2. The Morgan fingerprint density at radius 1 is 1.58 bits per heavy atom. The van der Waals surface area contributed by atoms with Crippen LogP contribution in [0.2, 0.25) is 0 Å². The van der Waals surface area contributed by atoms with Crippen LogP contribution in [0.4, 0.5) is 0 Å². The third-order valence-electron chi connectivity index (χ3n) is 1.15. The number of hydrogen-bond donors (Lipinski definition) is 2. The topological polar surface area (TPSA) is 67.5 Å². The van der Waals surface area contributed by atoms with Crippen LogP contribution in [-0.4, -0.2) is 11.9 Å². The van der Waals surface area contributed by atoms with Crippen molar-refractivity contribution >= 4 is 11.9 Å². The van der Waals surface area contributed by atoms with Crippen LogP contribution in [0.15, 0.2) is 17.8 Å². The molecule has 0 atom stereocenters. The summed E-state index contributed by atoms with van der Waals surface area (Å²) in [5.41, 5.74) is 4.87. The molecular formula is C8H15N3O. The minimum Gasteiger partial charge on any atom is -0.369 e. The number of amides is 1. The van der Waals surface area contributed by atoms with Crippen molar-refractivity contribution in [1.82, 2.24) is 5.32 Å². The van der Waals surface area contributed by atoms with Gasteiger partial charge in [-0.3, -0.25) is 10.1 Å². The van der Waals surface area contributed by atoms with Crippen LogP contribution in [0.25, 0.3) is 0 Å². The average molecular weight is 169 g/mol. The van der Waals surface area contributed by atoms with Gasteiger partial charge in [0.2, 0.25) is 5.91 Å². The quantitative estimate of drug-likeness (QED) is 0.446. The molecule has 0 heterocycles. The van der Waals surface area contributed by atoms with Crippen LogP contribution in [0.1, 0.15) is 20.8 Å². The fourth-order valence-corrected chi connectivity index (χ4v) is 0.434. The fourth-order valence-electron chi connectivity index (χ4n) is 0.434. The van der Waals surface area contributed by atoms with Crippen LogP contribution in [0, 0.1) is 5.41 Å². The summed E-state index contributed by atoms with van der Waals surface area (Å²) in [4.78, 5) is 14.8. The Balaban J connectivity index is 4.20. The molecule has 0 aromatic heterocycles. The molecule has 0 aromatic carbocycles. The van der Waals surface area contributed by atoms with Gasteiger partial charge in [-0.15, -0.1) is 0 Å². The van der Waals surface area contributed by atoms with Gasteiger partial charge in [-0.25, -0.2) is 4.99 Å². The number of carbonyl (C=O) groups excluding carboxylic acids is 1. The fraction of sp³-hybridized carbons (Fsp3) is 0.500. The first-order valence-electron chi connectivity index (χ1n) is 3.63. The molecule has 0 aliphatic rings. The highest BCUT2D eigenvalue weighted by atomic mass is 16.2. The van der Waals surface area contributed by atoms with E-state index in [0.29, 0.717) is 0 Å². The summed E-state index contributed by atoms with van der Waals surface area (Å²) in [6, 6.07) is 0. The van der Waals surface area contributed by atoms with Crippen LogP contribution in [0.3, 0.4) is 0 Å². The van der Waals surface area contributed by atoms with Crippen molar-refractivity contribution in [2.24, 2.45) is 16.1 Å². The highest BCUT2D eigenvalue weighted by molar-refractivity contribution is 5.98. The van der Waals surface area contributed by atoms with Crippen LogP contribution >= 0.6 is 0 Å². The summed E-state index contributed by atoms with van der Waals surface area (Å²) < 4.78 is 0. The third-order valence-corrected chi connectivity index (χ3v) is 1.15. The second kappa shape index (κ2) is 3.90. The molecule has 4 nitrogen and oxygen atoms in total. The minimum absolute atomic E-state index is 0.0740. The number of rotatable bonds is 1. The Morgan fingerprint density at radius 2 is 2.08 bits per heavy atom. The smallest absolute Gasteiger partial charge is 0.232 e. The van der Waals surface area contributed by atoms with E-state index in [2.05, 4.69) is 16.9 Å². The molecule has 0 aromatic rings. The predicted molar refractivity (Wildman–Crippen MR) is 49.4 cm³/mol. The largest absolute Gasteiger partial charge is 0.369 e. The molecule has 0 aliphatic carbocycles. The van der Waals surface area contributed by atoms with Crippen molar-refractivity contribution in [2.45, 2.75) is 20.8 Å². The lowest BCUT2D eigenvalue weighted by atomic mass is 9.96. The number of nitrogens with zero attached hydrogens (tertiary/aromatic N) is 1. The van der Waals surface area contributed by atoms with E-state index in [0.717, 1.165) is 0 Å². The first kappa shape index (κ1) is 10.7. The summed E-state index contributed by atoms with van der Waals surface area (Å²) in [5, 5.41) is 2.44. The zero-order valence-electron chi connectivity index (χ0n) is 7.72. The van der Waals surface area contributed by atoms with E-state index >= 15 is 0 Å². The molecule has 0 unspecified atom stereocenters. The van der Waals surface area contributed by atoms with E-state index in [1.807, 2.05) is 0 Å². The molecule has 12 heavy (non-hydrogen) atoms. The Morgan fingerprint density at radius 3 is 2.42 bits per heavy atom. The third kappa shape index (κ3) is 3.75. The number of nitrogens with two attached hydrogens (primary N) is 1. The van der Waals surface area contributed by atoms with Gasteiger partial charge in [0.05, 0.1) is 0 Å². The number of carbonyl (C=O) groups is 1. The van der Waals surface area contributed by atoms with Gasteiger partial charge in [0, 0.05) is 11.6 Å². The maximum absolute atomic E-state index is 11.2. The number of nitrogens with one attached hydrogen (secondary N) is 1. The Hall–Kier alpha value is -1.32. The first-order valence-corrected chi connectivity index (χ1v) is 3.63. The molecule has 0 fully saturated rings.